The van der Waals surface area contributed by atoms with Crippen LogP contribution in [0.2, 0.25) is 0 Å². The third-order valence-electron chi connectivity index (χ3n) is 9.28. The van der Waals surface area contributed by atoms with Crippen molar-refractivity contribution in [3.8, 4) is 0 Å². The molecular formula is C37H44N6O2. The molecule has 2 aromatic heterocycles. The third kappa shape index (κ3) is 7.30. The van der Waals surface area contributed by atoms with E-state index in [1.165, 1.54) is 16.5 Å². The van der Waals surface area contributed by atoms with E-state index in [4.69, 9.17) is 0 Å². The van der Waals surface area contributed by atoms with Gasteiger partial charge in [0.2, 0.25) is 11.8 Å². The fraction of sp³-hybridized carbons (Fsp3) is 0.351. The molecule has 2 amide bonds. The quantitative estimate of drug-likeness (QED) is 0.126. The van der Waals surface area contributed by atoms with Gasteiger partial charge in [-0.1, -0.05) is 66.7 Å². The van der Waals surface area contributed by atoms with Gasteiger partial charge < -0.3 is 25.5 Å². The number of fused-ring (bicyclic) bond motifs is 2. The summed E-state index contributed by atoms with van der Waals surface area (Å²) in [5, 5.41) is 12.4. The summed E-state index contributed by atoms with van der Waals surface area (Å²) in [7, 11) is 2.09. The number of hydrogen-bond acceptors (Lipinski definition) is 4. The van der Waals surface area contributed by atoms with Crippen molar-refractivity contribution < 1.29 is 9.59 Å². The number of para-hydroxylation sites is 2. The van der Waals surface area contributed by atoms with E-state index in [0.717, 1.165) is 54.3 Å². The Labute approximate surface area is 265 Å². The average molecular weight is 605 g/mol. The average Bonchev–Trinajstić information content (AvgIpc) is 3.68. The van der Waals surface area contributed by atoms with E-state index in [2.05, 4.69) is 68.2 Å². The molecule has 0 radical (unpaired) electrons. The van der Waals surface area contributed by atoms with Crippen molar-refractivity contribution >= 4 is 33.6 Å². The first-order valence-corrected chi connectivity index (χ1v) is 16.2. The molecule has 1 aliphatic rings. The molecule has 3 aromatic carbocycles. The van der Waals surface area contributed by atoms with E-state index in [1.807, 2.05) is 60.9 Å². The first kappa shape index (κ1) is 30.6. The second-order valence-electron chi connectivity index (χ2n) is 12.4. The van der Waals surface area contributed by atoms with E-state index in [-0.39, 0.29) is 11.8 Å². The lowest BCUT2D eigenvalue weighted by Gasteiger charge is -2.42. The highest BCUT2D eigenvalue weighted by Crippen LogP contribution is 2.26. The highest BCUT2D eigenvalue weighted by Gasteiger charge is 2.43. The van der Waals surface area contributed by atoms with Crippen molar-refractivity contribution in [3.05, 3.63) is 108 Å². The fourth-order valence-corrected chi connectivity index (χ4v) is 6.59. The number of carbonyl (C=O) groups excluding carboxylic acids is 2. The number of likely N-dealkylation sites (tertiary alicyclic amines) is 1. The molecule has 45 heavy (non-hydrogen) atoms. The number of nitrogens with zero attached hydrogens (tertiary/aromatic N) is 1. The Hall–Kier alpha value is -4.40. The minimum Gasteiger partial charge on any atom is -0.361 e. The van der Waals surface area contributed by atoms with Crippen LogP contribution in [0.4, 0.5) is 0 Å². The Bertz CT molecular complexity index is 1720. The van der Waals surface area contributed by atoms with Gasteiger partial charge in [0, 0.05) is 60.4 Å². The zero-order chi connectivity index (χ0) is 31.1. The normalized spacial score (nSPS) is 15.7. The van der Waals surface area contributed by atoms with Gasteiger partial charge >= 0.3 is 0 Å². The number of aromatic nitrogens is 2. The van der Waals surface area contributed by atoms with Crippen molar-refractivity contribution in [2.24, 2.45) is 0 Å². The molecule has 8 heteroatoms. The molecule has 1 saturated heterocycles. The number of H-pyrrole nitrogens is 2. The Balaban J connectivity index is 1.17. The molecule has 1 aliphatic heterocycles. The lowest BCUT2D eigenvalue weighted by molar-refractivity contribution is -0.131. The third-order valence-corrected chi connectivity index (χ3v) is 9.28. The maximum absolute atomic E-state index is 14.1. The molecule has 0 bridgehead atoms. The molecule has 1 fully saturated rings. The van der Waals surface area contributed by atoms with Crippen LogP contribution in [0.1, 0.15) is 36.0 Å². The van der Waals surface area contributed by atoms with Gasteiger partial charge in [-0.05, 0) is 74.4 Å². The smallest absolute Gasteiger partial charge is 0.240 e. The topological polar surface area (TPSA) is 105 Å². The summed E-state index contributed by atoms with van der Waals surface area (Å²) in [6, 6.07) is 26.2. The summed E-state index contributed by atoms with van der Waals surface area (Å²) in [5.74, 6) is -0.102. The van der Waals surface area contributed by atoms with Crippen LogP contribution in [0.15, 0.2) is 91.3 Å². The Morgan fingerprint density at radius 1 is 0.778 bits per heavy atom. The number of piperidine rings is 1. The van der Waals surface area contributed by atoms with Gasteiger partial charge in [-0.25, -0.2) is 0 Å². The lowest BCUT2D eigenvalue weighted by Crippen LogP contribution is -2.66. The molecule has 0 spiro atoms. The van der Waals surface area contributed by atoms with Gasteiger partial charge in [-0.3, -0.25) is 14.9 Å². The van der Waals surface area contributed by atoms with Crippen molar-refractivity contribution in [2.75, 3.05) is 33.2 Å². The highest BCUT2D eigenvalue weighted by atomic mass is 16.2. The van der Waals surface area contributed by atoms with Gasteiger partial charge in [0.05, 0.1) is 6.04 Å². The van der Waals surface area contributed by atoms with Crippen molar-refractivity contribution in [1.82, 2.24) is 30.8 Å². The summed E-state index contributed by atoms with van der Waals surface area (Å²) in [5.41, 5.74) is 4.80. The molecular weight excluding hydrogens is 560 g/mol. The fourth-order valence-electron chi connectivity index (χ4n) is 6.59. The minimum atomic E-state index is -0.842. The van der Waals surface area contributed by atoms with Crippen molar-refractivity contribution in [2.45, 2.75) is 50.1 Å². The number of amides is 2. The number of nitrogens with one attached hydrogen (secondary N) is 5. The first-order valence-electron chi connectivity index (χ1n) is 16.2. The summed E-state index contributed by atoms with van der Waals surface area (Å²) < 4.78 is 0. The second-order valence-corrected chi connectivity index (χ2v) is 12.4. The number of rotatable bonds is 13. The van der Waals surface area contributed by atoms with E-state index < -0.39 is 11.6 Å². The maximum Gasteiger partial charge on any atom is 0.240 e. The minimum absolute atomic E-state index is 0.0313. The maximum atomic E-state index is 14.1. The number of benzene rings is 3. The molecule has 5 N–H and O–H groups in total. The molecule has 0 unspecified atom stereocenters. The standard InChI is InChI=1S/C37H44N6O2/c1-43-22-18-37(19-23-43,36(45)39-21-17-28-25-40-32-15-7-5-13-30(28)32)42-34(24-29-26-41-33-16-8-6-14-31(29)33)35(44)38-20-9-12-27-10-3-2-4-11-27/h2-8,10-11,13-16,25-26,34,40-42H,9,12,17-24H2,1H3,(H,38,44)(H,39,45)/t34-/m0/s1. The van der Waals surface area contributed by atoms with Gasteiger partial charge in [0.15, 0.2) is 0 Å². The van der Waals surface area contributed by atoms with Crippen LogP contribution in [0.5, 0.6) is 0 Å². The van der Waals surface area contributed by atoms with E-state index >= 15 is 0 Å². The van der Waals surface area contributed by atoms with E-state index in [9.17, 15) is 9.59 Å². The van der Waals surface area contributed by atoms with Crippen molar-refractivity contribution in [1.29, 1.82) is 0 Å². The summed E-state index contributed by atoms with van der Waals surface area (Å²) in [6.45, 7) is 2.66. The van der Waals surface area contributed by atoms with E-state index in [0.29, 0.717) is 32.4 Å². The molecule has 3 heterocycles. The van der Waals surface area contributed by atoms with Crippen LogP contribution in [-0.4, -0.2) is 71.5 Å². The van der Waals surface area contributed by atoms with Crippen LogP contribution in [0.3, 0.4) is 0 Å². The monoisotopic (exact) mass is 604 g/mol. The number of aromatic amines is 2. The Kier molecular flexibility index (Phi) is 9.62. The first-order chi connectivity index (χ1) is 22.0. The predicted octanol–water partition coefficient (Wildman–Crippen LogP) is 4.72. The van der Waals surface area contributed by atoms with Crippen LogP contribution in [0, 0.1) is 0 Å². The summed E-state index contributed by atoms with van der Waals surface area (Å²) >= 11 is 0. The Morgan fingerprint density at radius 2 is 1.40 bits per heavy atom. The molecule has 8 nitrogen and oxygen atoms in total. The zero-order valence-electron chi connectivity index (χ0n) is 26.1. The molecule has 6 rings (SSSR count). The Morgan fingerprint density at radius 3 is 2.11 bits per heavy atom. The molecule has 0 saturated carbocycles. The molecule has 1 atom stereocenters. The van der Waals surface area contributed by atoms with Gasteiger partial charge in [0.1, 0.15) is 5.54 Å². The second kappa shape index (κ2) is 14.1. The van der Waals surface area contributed by atoms with Gasteiger partial charge in [-0.2, -0.15) is 0 Å². The van der Waals surface area contributed by atoms with Crippen LogP contribution >= 0.6 is 0 Å². The summed E-state index contributed by atoms with van der Waals surface area (Å²) in [4.78, 5) is 36.9. The lowest BCUT2D eigenvalue weighted by atomic mass is 9.84. The predicted molar refractivity (Wildman–Crippen MR) is 181 cm³/mol. The zero-order valence-corrected chi connectivity index (χ0v) is 26.1. The van der Waals surface area contributed by atoms with Crippen LogP contribution in [-0.2, 0) is 28.9 Å². The van der Waals surface area contributed by atoms with Crippen LogP contribution < -0.4 is 16.0 Å². The van der Waals surface area contributed by atoms with Gasteiger partial charge in [-0.15, -0.1) is 0 Å². The number of hydrogen-bond donors (Lipinski definition) is 5. The van der Waals surface area contributed by atoms with E-state index in [1.54, 1.807) is 0 Å². The number of aryl methyl sites for hydroxylation is 1. The van der Waals surface area contributed by atoms with Gasteiger partial charge in [0.25, 0.3) is 0 Å². The molecule has 234 valence electrons. The number of carbonyl (C=O) groups is 2. The van der Waals surface area contributed by atoms with Crippen molar-refractivity contribution in [3.63, 3.8) is 0 Å². The molecule has 5 aromatic rings. The summed E-state index contributed by atoms with van der Waals surface area (Å²) in [6.07, 6.45) is 8.24. The van der Waals surface area contributed by atoms with Crippen LogP contribution in [0.25, 0.3) is 21.8 Å². The molecule has 0 aliphatic carbocycles. The largest absolute Gasteiger partial charge is 0.361 e. The highest BCUT2D eigenvalue weighted by molar-refractivity contribution is 5.90. The SMILES string of the molecule is CN1CCC(N[C@@H](Cc2c[nH]c3ccccc23)C(=O)NCCCc2ccccc2)(C(=O)NCCc2c[nH]c3ccccc23)CC1.